The van der Waals surface area contributed by atoms with Gasteiger partial charge in [-0.1, -0.05) is 60.7 Å². The molecule has 13 nitrogen and oxygen atoms in total. The molecule has 7 rings (SSSR count). The summed E-state index contributed by atoms with van der Waals surface area (Å²) in [5.41, 5.74) is -1.95. The Morgan fingerprint density at radius 3 is 2.54 bits per heavy atom. The summed E-state index contributed by atoms with van der Waals surface area (Å²) in [6, 6.07) is 12.4. The number of hydrazine groups is 1. The van der Waals surface area contributed by atoms with Crippen LogP contribution in [0.1, 0.15) is 30.9 Å². The highest BCUT2D eigenvalue weighted by atomic mass is 19.1. The predicted octanol–water partition coefficient (Wildman–Crippen LogP) is 3.69. The number of piperazine rings is 1. The van der Waals surface area contributed by atoms with E-state index in [1.165, 1.54) is 40.7 Å². The third-order valence-electron chi connectivity index (χ3n) is 9.99. The zero-order valence-electron chi connectivity index (χ0n) is 28.3. The number of halogens is 2. The van der Waals surface area contributed by atoms with Crippen LogP contribution in [0, 0.1) is 11.6 Å². The molecule has 4 aliphatic rings. The van der Waals surface area contributed by atoms with Crippen molar-refractivity contribution in [3.8, 4) is 0 Å². The van der Waals surface area contributed by atoms with Gasteiger partial charge in [0, 0.05) is 51.3 Å². The highest BCUT2D eigenvalue weighted by Crippen LogP contribution is 2.55. The molecule has 50 heavy (non-hydrogen) atoms. The van der Waals surface area contributed by atoms with E-state index in [0.29, 0.717) is 31.5 Å². The summed E-state index contributed by atoms with van der Waals surface area (Å²) in [5.74, 6) is -3.41. The zero-order chi connectivity index (χ0) is 34.9. The lowest BCUT2D eigenvalue weighted by Gasteiger charge is -2.56. The summed E-state index contributed by atoms with van der Waals surface area (Å²) in [4.78, 5) is 29.9. The summed E-state index contributed by atoms with van der Waals surface area (Å²) >= 11 is 0. The van der Waals surface area contributed by atoms with Gasteiger partial charge >= 0.3 is 6.03 Å². The van der Waals surface area contributed by atoms with Gasteiger partial charge in [-0.15, -0.1) is 0 Å². The number of carbonyl (C=O) groups is 1. The van der Waals surface area contributed by atoms with Crippen LogP contribution >= 0.6 is 0 Å². The number of methoxy groups -OCH3 is 1. The first-order valence-electron chi connectivity index (χ1n) is 16.8. The number of hydrogen-bond acceptors (Lipinski definition) is 10. The average Bonchev–Trinajstić information content (AvgIpc) is 3.88. The topological polar surface area (TPSA) is 110 Å². The number of aromatic nitrogens is 3. The van der Waals surface area contributed by atoms with Crippen LogP contribution in [0.5, 0.6) is 0 Å². The Morgan fingerprint density at radius 1 is 1.10 bits per heavy atom. The number of allylic oxidation sites excluding steroid dienone is 2. The molecule has 2 amide bonds. The predicted molar refractivity (Wildman–Crippen MR) is 176 cm³/mol. The van der Waals surface area contributed by atoms with E-state index in [0.717, 1.165) is 25.2 Å². The Hall–Kier alpha value is -4.09. The molecule has 3 aliphatic heterocycles. The van der Waals surface area contributed by atoms with Crippen molar-refractivity contribution in [2.45, 2.75) is 55.8 Å². The number of carbonyl (C=O) groups excluding carboxylic acids is 1. The first-order valence-corrected chi connectivity index (χ1v) is 16.8. The highest BCUT2D eigenvalue weighted by Gasteiger charge is 2.71. The fourth-order valence-electron chi connectivity index (χ4n) is 7.85. The first-order chi connectivity index (χ1) is 24.3. The summed E-state index contributed by atoms with van der Waals surface area (Å²) in [6.45, 7) is 4.43. The van der Waals surface area contributed by atoms with E-state index < -0.39 is 41.1 Å². The Balaban J connectivity index is 1.48. The van der Waals surface area contributed by atoms with E-state index in [4.69, 9.17) is 19.0 Å². The number of amides is 2. The number of nitrogens with zero attached hydrogens (tertiary/aromatic N) is 7. The number of rotatable bonds is 11. The lowest BCUT2D eigenvalue weighted by Crippen LogP contribution is -2.72. The van der Waals surface area contributed by atoms with Crippen LogP contribution in [-0.2, 0) is 37.0 Å². The normalized spacial score (nSPS) is 29.7. The van der Waals surface area contributed by atoms with Crippen LogP contribution in [-0.4, -0.2) is 106 Å². The minimum atomic E-state index is -1.81. The van der Waals surface area contributed by atoms with Crippen LogP contribution in [0.25, 0.3) is 0 Å². The summed E-state index contributed by atoms with van der Waals surface area (Å²) < 4.78 is 51.2. The van der Waals surface area contributed by atoms with Gasteiger partial charge in [-0.2, -0.15) is 5.10 Å². The van der Waals surface area contributed by atoms with Gasteiger partial charge in [0.05, 0.1) is 13.7 Å². The molecule has 3 fully saturated rings. The number of urea groups is 1. The third kappa shape index (κ3) is 5.44. The van der Waals surface area contributed by atoms with Gasteiger partial charge in [0.1, 0.15) is 42.6 Å². The molecule has 15 heteroatoms. The molecule has 3 aromatic rings. The number of benzene rings is 2. The lowest BCUT2D eigenvalue weighted by atomic mass is 9.86. The van der Waals surface area contributed by atoms with Crippen molar-refractivity contribution in [1.29, 1.82) is 0 Å². The number of nitrogens with one attached hydrogen (secondary N) is 1. The molecule has 3 saturated heterocycles. The van der Waals surface area contributed by atoms with Crippen molar-refractivity contribution in [3.63, 3.8) is 0 Å². The Bertz CT molecular complexity index is 1710. The fourth-order valence-corrected chi connectivity index (χ4v) is 7.85. The second-order valence-corrected chi connectivity index (χ2v) is 12.6. The van der Waals surface area contributed by atoms with Crippen molar-refractivity contribution < 1.29 is 32.6 Å². The molecule has 0 spiro atoms. The molecule has 0 saturated carbocycles. The van der Waals surface area contributed by atoms with Gasteiger partial charge in [0.15, 0.2) is 11.9 Å². The Morgan fingerprint density at radius 2 is 1.90 bits per heavy atom. The first kappa shape index (κ1) is 34.4. The third-order valence-corrected chi connectivity index (χ3v) is 9.99. The van der Waals surface area contributed by atoms with Gasteiger partial charge in [-0.25, -0.2) is 28.3 Å². The number of hydroxylamine groups is 1. The molecular weight excluding hydrogens is 650 g/mol. The van der Waals surface area contributed by atoms with Crippen LogP contribution in [0.4, 0.5) is 13.6 Å². The largest absolute Gasteiger partial charge is 0.360 e. The molecule has 5 atom stereocenters. The van der Waals surface area contributed by atoms with E-state index in [1.54, 1.807) is 7.11 Å². The second-order valence-electron chi connectivity index (χ2n) is 12.6. The van der Waals surface area contributed by atoms with Crippen molar-refractivity contribution >= 4 is 6.03 Å². The van der Waals surface area contributed by atoms with Crippen molar-refractivity contribution in [2.75, 3.05) is 47.0 Å². The summed E-state index contributed by atoms with van der Waals surface area (Å²) in [5, 5.41) is 10.7. The molecule has 0 radical (unpaired) electrons. The summed E-state index contributed by atoms with van der Waals surface area (Å²) in [7, 11) is 3.04. The molecule has 0 bridgehead atoms. The smallest absolute Gasteiger partial charge is 0.342 e. The van der Waals surface area contributed by atoms with Gasteiger partial charge in [0.2, 0.25) is 5.79 Å². The second kappa shape index (κ2) is 13.9. The van der Waals surface area contributed by atoms with Gasteiger partial charge < -0.3 is 19.5 Å². The minimum absolute atomic E-state index is 0.0301. The molecule has 1 N–H and O–H groups in total. The highest BCUT2D eigenvalue weighted by molar-refractivity contribution is 5.79. The maximum atomic E-state index is 15.8. The van der Waals surface area contributed by atoms with E-state index in [2.05, 4.69) is 26.4 Å². The SMILES string of the molecule is CCC(OC)N1C(=O)N(C2(N3CCNCC3)C=CC=CC2)C(c2ccccc2)(C2COC(Cn3cncn3)(c3ccc(F)cc3F)O2)N1OC. The molecular formula is C35H42F2N8O5. The van der Waals surface area contributed by atoms with Crippen LogP contribution in [0.2, 0.25) is 0 Å². The zero-order valence-corrected chi connectivity index (χ0v) is 28.3. The molecule has 5 unspecified atom stereocenters. The molecule has 2 aromatic carbocycles. The average molecular weight is 693 g/mol. The molecule has 266 valence electrons. The Kier molecular flexibility index (Phi) is 9.56. The molecule has 4 heterocycles. The van der Waals surface area contributed by atoms with Crippen molar-refractivity contribution in [2.24, 2.45) is 0 Å². The monoisotopic (exact) mass is 692 g/mol. The molecule has 1 aliphatic carbocycles. The van der Waals surface area contributed by atoms with E-state index in [-0.39, 0.29) is 24.7 Å². The van der Waals surface area contributed by atoms with Gasteiger partial charge in [-0.05, 0) is 30.2 Å². The lowest BCUT2D eigenvalue weighted by molar-refractivity contribution is -0.358. The molecule has 1 aromatic heterocycles. The Labute approximate surface area is 289 Å². The standard InChI is InChI=1S/C35H42F2N8O5/c1-4-31(47-2)43-32(46)44(33(15-9-6-10-16-33)41-19-17-38-18-20-41)35(45(43)48-3,26-11-7-5-8-12-26)30-22-49-34(50-30,23-42-25-39-24-40-42)28-14-13-27(36)21-29(28)37/h5-15,21,24-25,30-31,38H,4,16-20,22-23H2,1-3H3. The van der Waals surface area contributed by atoms with E-state index in [9.17, 15) is 4.39 Å². The van der Waals surface area contributed by atoms with Gasteiger partial charge in [-0.3, -0.25) is 14.6 Å². The van der Waals surface area contributed by atoms with Crippen LogP contribution in [0.3, 0.4) is 0 Å². The van der Waals surface area contributed by atoms with Gasteiger partial charge in [0.25, 0.3) is 0 Å². The van der Waals surface area contributed by atoms with Crippen molar-refractivity contribution in [3.05, 3.63) is 108 Å². The quantitative estimate of drug-likeness (QED) is 0.320. The maximum absolute atomic E-state index is 15.8. The van der Waals surface area contributed by atoms with Crippen molar-refractivity contribution in [1.82, 2.24) is 40.1 Å². The maximum Gasteiger partial charge on any atom is 0.342 e. The number of ether oxygens (including phenoxy) is 3. The van der Waals surface area contributed by atoms with Crippen LogP contribution in [0.15, 0.2) is 85.5 Å². The number of hydrogen-bond donors (Lipinski definition) is 1. The van der Waals surface area contributed by atoms with Crippen LogP contribution < -0.4 is 5.32 Å². The van der Waals surface area contributed by atoms with E-state index in [1.807, 2.05) is 60.4 Å². The van der Waals surface area contributed by atoms with E-state index >= 15 is 9.18 Å². The fraction of sp³-hybridized carbons (Fsp3) is 0.457. The summed E-state index contributed by atoms with van der Waals surface area (Å²) in [6.07, 6.45) is 9.99. The minimum Gasteiger partial charge on any atom is -0.360 e.